The van der Waals surface area contributed by atoms with Gasteiger partial charge in [0.2, 0.25) is 5.91 Å². The van der Waals surface area contributed by atoms with Gasteiger partial charge in [-0.2, -0.15) is 0 Å². The summed E-state index contributed by atoms with van der Waals surface area (Å²) in [6, 6.07) is 14.8. The molecular weight excluding hydrogens is 370 g/mol. The number of fused-ring (bicyclic) bond motifs is 2. The summed E-state index contributed by atoms with van der Waals surface area (Å²) in [7, 11) is 0. The Morgan fingerprint density at radius 3 is 2.76 bits per heavy atom. The van der Waals surface area contributed by atoms with Crippen molar-refractivity contribution in [1.82, 2.24) is 14.5 Å². The van der Waals surface area contributed by atoms with Gasteiger partial charge in [-0.1, -0.05) is 31.2 Å². The van der Waals surface area contributed by atoms with Crippen LogP contribution in [0, 0.1) is 0 Å². The number of hydrogen-bond donors (Lipinski definition) is 0. The van der Waals surface area contributed by atoms with Crippen LogP contribution < -0.4 is 15.0 Å². The lowest BCUT2D eigenvalue weighted by atomic mass is 10.2. The number of carbonyl (C=O) groups excluding carboxylic acids is 1. The first-order valence-electron chi connectivity index (χ1n) is 9.76. The van der Waals surface area contributed by atoms with Crippen molar-refractivity contribution in [2.75, 3.05) is 19.7 Å². The first-order chi connectivity index (χ1) is 14.2. The van der Waals surface area contributed by atoms with E-state index in [1.165, 1.54) is 10.8 Å². The fourth-order valence-electron chi connectivity index (χ4n) is 3.50. The van der Waals surface area contributed by atoms with Crippen molar-refractivity contribution in [3.63, 3.8) is 0 Å². The smallest absolute Gasteiger partial charge is 0.269 e. The number of carbonyl (C=O) groups is 1. The Morgan fingerprint density at radius 1 is 1.17 bits per heavy atom. The maximum absolute atomic E-state index is 13.1. The second-order valence-corrected chi connectivity index (χ2v) is 7.01. The van der Waals surface area contributed by atoms with E-state index >= 15 is 0 Å². The first kappa shape index (κ1) is 19.0. The highest BCUT2D eigenvalue weighted by Gasteiger charge is 2.25. The second kappa shape index (κ2) is 8.34. The van der Waals surface area contributed by atoms with Crippen molar-refractivity contribution < 1.29 is 14.3 Å². The summed E-state index contributed by atoms with van der Waals surface area (Å²) in [5.41, 5.74) is 1.04. The fraction of sp³-hybridized carbons (Fsp3) is 0.318. The van der Waals surface area contributed by atoms with Crippen LogP contribution in [0.2, 0.25) is 0 Å². The topological polar surface area (TPSA) is 73.7 Å². The molecule has 150 valence electrons. The zero-order valence-corrected chi connectivity index (χ0v) is 16.3. The summed E-state index contributed by atoms with van der Waals surface area (Å²) >= 11 is 0. The first-order valence-corrected chi connectivity index (χ1v) is 9.76. The molecule has 0 fully saturated rings. The van der Waals surface area contributed by atoms with Crippen molar-refractivity contribution in [2.24, 2.45) is 0 Å². The summed E-state index contributed by atoms with van der Waals surface area (Å²) in [4.78, 5) is 31.3. The normalized spacial score (nSPS) is 15.3. The molecule has 2 aromatic carbocycles. The minimum absolute atomic E-state index is 0.0357. The number of nitrogens with zero attached hydrogens (tertiary/aromatic N) is 3. The van der Waals surface area contributed by atoms with Crippen molar-refractivity contribution >= 4 is 16.9 Å². The largest absolute Gasteiger partial charge is 0.486 e. The fourth-order valence-corrected chi connectivity index (χ4v) is 3.50. The van der Waals surface area contributed by atoms with Crippen LogP contribution in [-0.2, 0) is 11.3 Å². The van der Waals surface area contributed by atoms with Gasteiger partial charge >= 0.3 is 0 Å². The summed E-state index contributed by atoms with van der Waals surface area (Å²) in [6.07, 6.45) is 1.81. The lowest BCUT2D eigenvalue weighted by Gasteiger charge is -2.31. The van der Waals surface area contributed by atoms with Crippen molar-refractivity contribution in [1.29, 1.82) is 0 Å². The average Bonchev–Trinajstić information content (AvgIpc) is 2.75. The van der Waals surface area contributed by atoms with Crippen molar-refractivity contribution in [3.8, 4) is 11.5 Å². The molecule has 1 atom stereocenters. The van der Waals surface area contributed by atoms with Gasteiger partial charge in [-0.25, -0.2) is 4.98 Å². The monoisotopic (exact) mass is 393 g/mol. The highest BCUT2D eigenvalue weighted by Crippen LogP contribution is 2.31. The molecule has 4 rings (SSSR count). The molecule has 0 saturated carbocycles. The zero-order valence-electron chi connectivity index (χ0n) is 16.3. The predicted octanol–water partition coefficient (Wildman–Crippen LogP) is 2.48. The van der Waals surface area contributed by atoms with Gasteiger partial charge in [0.25, 0.3) is 5.56 Å². The number of rotatable bonds is 6. The second-order valence-electron chi connectivity index (χ2n) is 7.01. The van der Waals surface area contributed by atoms with Gasteiger partial charge < -0.3 is 14.4 Å². The number of amides is 1. The average molecular weight is 393 g/mol. The van der Waals surface area contributed by atoms with E-state index in [4.69, 9.17) is 9.47 Å². The third kappa shape index (κ3) is 4.08. The number of hydrogen-bond acceptors (Lipinski definition) is 5. The molecule has 1 aliphatic rings. The Kier molecular flexibility index (Phi) is 5.46. The molecule has 1 amide bonds. The maximum atomic E-state index is 13.1. The van der Waals surface area contributed by atoms with E-state index in [0.717, 1.165) is 6.42 Å². The molecule has 0 N–H and O–H groups in total. The summed E-state index contributed by atoms with van der Waals surface area (Å²) < 4.78 is 13.2. The molecule has 7 heteroatoms. The molecule has 0 radical (unpaired) electrons. The van der Waals surface area contributed by atoms with E-state index in [1.54, 1.807) is 11.0 Å². The number of para-hydroxylation sites is 4. The molecule has 1 aliphatic heterocycles. The molecule has 0 spiro atoms. The lowest BCUT2D eigenvalue weighted by Crippen LogP contribution is -2.45. The third-order valence-corrected chi connectivity index (χ3v) is 4.88. The SMILES string of the molecule is CCCN(C[C@H]1COc2ccccc2O1)C(=O)Cn1c(=O)cnc2ccccc21. The minimum atomic E-state index is -0.292. The van der Waals surface area contributed by atoms with Crippen molar-refractivity contribution in [2.45, 2.75) is 26.0 Å². The van der Waals surface area contributed by atoms with Crippen molar-refractivity contribution in [3.05, 3.63) is 65.1 Å². The van der Waals surface area contributed by atoms with E-state index < -0.39 is 0 Å². The van der Waals surface area contributed by atoms with Crippen LogP contribution in [0.4, 0.5) is 0 Å². The van der Waals surface area contributed by atoms with E-state index in [-0.39, 0.29) is 24.1 Å². The molecule has 3 aromatic rings. The van der Waals surface area contributed by atoms with Crippen LogP contribution in [0.5, 0.6) is 11.5 Å². The molecule has 0 aliphatic carbocycles. The molecule has 0 unspecified atom stereocenters. The molecule has 7 nitrogen and oxygen atoms in total. The van der Waals surface area contributed by atoms with Gasteiger partial charge in [0.15, 0.2) is 17.6 Å². The predicted molar refractivity (Wildman–Crippen MR) is 109 cm³/mol. The molecular formula is C22H23N3O4. The summed E-state index contributed by atoms with van der Waals surface area (Å²) in [5.74, 6) is 1.27. The van der Waals surface area contributed by atoms with Gasteiger partial charge in [0, 0.05) is 6.54 Å². The molecule has 1 aromatic heterocycles. The summed E-state index contributed by atoms with van der Waals surface area (Å²) in [6.45, 7) is 3.34. The number of benzene rings is 2. The van der Waals surface area contributed by atoms with E-state index in [0.29, 0.717) is 42.2 Å². The zero-order chi connectivity index (χ0) is 20.2. The highest BCUT2D eigenvalue weighted by molar-refractivity contribution is 5.80. The standard InChI is InChI=1S/C22H23N3O4/c1-2-11-24(13-16-15-28-19-9-5-6-10-20(19)29-16)22(27)14-25-18-8-4-3-7-17(18)23-12-21(25)26/h3-10,12,16H,2,11,13-15H2,1H3/t16-/m0/s1. The maximum Gasteiger partial charge on any atom is 0.269 e. The lowest BCUT2D eigenvalue weighted by molar-refractivity contribution is -0.133. The molecule has 0 saturated heterocycles. The molecule has 29 heavy (non-hydrogen) atoms. The Morgan fingerprint density at radius 2 is 1.93 bits per heavy atom. The quantitative estimate of drug-likeness (QED) is 0.643. The minimum Gasteiger partial charge on any atom is -0.486 e. The van der Waals surface area contributed by atoms with Crippen LogP contribution in [0.25, 0.3) is 11.0 Å². The highest BCUT2D eigenvalue weighted by atomic mass is 16.6. The molecule has 0 bridgehead atoms. The Bertz CT molecular complexity index is 1080. The van der Waals surface area contributed by atoms with Crippen LogP contribution in [0.1, 0.15) is 13.3 Å². The van der Waals surface area contributed by atoms with E-state index in [1.807, 2.05) is 49.4 Å². The Hall–Kier alpha value is -3.35. The van der Waals surface area contributed by atoms with Crippen LogP contribution in [0.3, 0.4) is 0 Å². The van der Waals surface area contributed by atoms with Gasteiger partial charge in [-0.15, -0.1) is 0 Å². The number of ether oxygens (including phenoxy) is 2. The van der Waals surface area contributed by atoms with Gasteiger partial charge in [0.05, 0.1) is 23.8 Å². The van der Waals surface area contributed by atoms with Gasteiger partial charge in [-0.05, 0) is 30.7 Å². The summed E-state index contributed by atoms with van der Waals surface area (Å²) in [5, 5.41) is 0. The Labute approximate surface area is 168 Å². The van der Waals surface area contributed by atoms with Crippen LogP contribution in [0.15, 0.2) is 59.5 Å². The van der Waals surface area contributed by atoms with Gasteiger partial charge in [-0.3, -0.25) is 14.2 Å². The van der Waals surface area contributed by atoms with Crippen LogP contribution in [-0.4, -0.2) is 46.2 Å². The third-order valence-electron chi connectivity index (χ3n) is 4.88. The van der Waals surface area contributed by atoms with E-state index in [9.17, 15) is 9.59 Å². The Balaban J connectivity index is 1.52. The van der Waals surface area contributed by atoms with Crippen LogP contribution >= 0.6 is 0 Å². The number of aromatic nitrogens is 2. The molecule has 2 heterocycles. The van der Waals surface area contributed by atoms with Gasteiger partial charge in [0.1, 0.15) is 13.2 Å². The van der Waals surface area contributed by atoms with E-state index in [2.05, 4.69) is 4.98 Å².